The molecule has 0 unspecified atom stereocenters. The van der Waals surface area contributed by atoms with E-state index in [-0.39, 0.29) is 0 Å². The molecular weight excluding hydrogens is 499 g/mol. The van der Waals surface area contributed by atoms with Crippen molar-refractivity contribution in [1.82, 2.24) is 0 Å². The molecule has 0 aromatic carbocycles. The molecule has 2 nitrogen and oxygen atoms in total. The fraction of sp³-hybridized carbons (Fsp3) is 0.333. The second kappa shape index (κ2) is 10.2. The molecule has 25 heavy (non-hydrogen) atoms. The standard InChI is InChI=1S/C10H13BrOSSi.C8H8OSSe/c1-14(2,3)12-6-4-5-9-7-13-8-10(9)11;9-2-1-7-3-6-4-10-5-8(6)11-7/h7-8H,6H2,1-3H3;3-5,9H,1-2H2. The van der Waals surface area contributed by atoms with E-state index in [2.05, 4.69) is 64.2 Å². The molecule has 0 aliphatic heterocycles. The van der Waals surface area contributed by atoms with E-state index in [0.29, 0.717) is 27.7 Å². The zero-order valence-electron chi connectivity index (χ0n) is 14.5. The average Bonchev–Trinajstić information content (AvgIpc) is 3.20. The van der Waals surface area contributed by atoms with Crippen molar-refractivity contribution in [2.24, 2.45) is 0 Å². The normalized spacial score (nSPS) is 10.9. The molecule has 134 valence electrons. The zero-order valence-corrected chi connectivity index (χ0v) is 20.4. The van der Waals surface area contributed by atoms with Crippen LogP contribution >= 0.6 is 38.6 Å². The zero-order chi connectivity index (χ0) is 18.3. The van der Waals surface area contributed by atoms with E-state index >= 15 is 0 Å². The van der Waals surface area contributed by atoms with E-state index in [1.807, 2.05) is 10.8 Å². The molecule has 3 aromatic rings. The molecule has 3 rings (SSSR count). The molecule has 1 N–H and O–H groups in total. The fourth-order valence-corrected chi connectivity index (χ4v) is 7.07. The number of halogens is 1. The second-order valence-electron chi connectivity index (χ2n) is 6.21. The Morgan fingerprint density at radius 2 is 1.96 bits per heavy atom. The fourth-order valence-electron chi connectivity index (χ4n) is 1.82. The van der Waals surface area contributed by atoms with Gasteiger partial charge in [-0.3, -0.25) is 0 Å². The number of thiophene rings is 2. The van der Waals surface area contributed by atoms with Crippen LogP contribution in [0.3, 0.4) is 0 Å². The summed E-state index contributed by atoms with van der Waals surface area (Å²) in [6, 6.07) is 2.22. The molecule has 0 spiro atoms. The SMILES string of the molecule is C[Si](C)(C)OCC#Cc1cscc1Br.OCCc1cc2cscc2[se]1. The summed E-state index contributed by atoms with van der Waals surface area (Å²) in [6.07, 6.45) is 0.860. The van der Waals surface area contributed by atoms with E-state index in [1.54, 1.807) is 22.7 Å². The van der Waals surface area contributed by atoms with E-state index in [0.717, 1.165) is 16.5 Å². The van der Waals surface area contributed by atoms with Crippen LogP contribution < -0.4 is 0 Å². The number of fused-ring (bicyclic) bond motifs is 1. The summed E-state index contributed by atoms with van der Waals surface area (Å²) in [7, 11) is -1.40. The van der Waals surface area contributed by atoms with Crippen molar-refractivity contribution in [1.29, 1.82) is 0 Å². The van der Waals surface area contributed by atoms with Gasteiger partial charge in [-0.2, -0.15) is 0 Å². The van der Waals surface area contributed by atoms with Crippen LogP contribution in [0, 0.1) is 11.8 Å². The topological polar surface area (TPSA) is 29.5 Å². The van der Waals surface area contributed by atoms with E-state index < -0.39 is 8.32 Å². The molecule has 0 radical (unpaired) electrons. The van der Waals surface area contributed by atoms with Gasteiger partial charge in [-0.1, -0.05) is 11.8 Å². The van der Waals surface area contributed by atoms with E-state index in [4.69, 9.17) is 9.53 Å². The second-order valence-corrected chi connectivity index (χ2v) is 15.5. The minimum absolute atomic E-state index is 0.293. The maximum atomic E-state index is 8.71. The first-order valence-electron chi connectivity index (χ1n) is 7.79. The maximum absolute atomic E-state index is 8.71. The molecular formula is C18H21BrO2S2SeSi. The van der Waals surface area contributed by atoms with Gasteiger partial charge in [-0.05, 0) is 35.6 Å². The predicted octanol–water partition coefficient (Wildman–Crippen LogP) is 5.21. The van der Waals surface area contributed by atoms with Gasteiger partial charge in [-0.25, -0.2) is 0 Å². The summed E-state index contributed by atoms with van der Waals surface area (Å²) >= 11 is 7.36. The Bertz CT molecular complexity index is 823. The van der Waals surface area contributed by atoms with E-state index in [9.17, 15) is 0 Å². The summed E-state index contributed by atoms with van der Waals surface area (Å²) in [6.45, 7) is 7.32. The van der Waals surface area contributed by atoms with Crippen LogP contribution in [0.2, 0.25) is 19.6 Å². The molecule has 0 fully saturated rings. The molecule has 0 aliphatic rings. The first kappa shape index (κ1) is 21.1. The van der Waals surface area contributed by atoms with Crippen LogP contribution in [0.5, 0.6) is 0 Å². The summed E-state index contributed by atoms with van der Waals surface area (Å²) in [5, 5.41) is 18.6. The van der Waals surface area contributed by atoms with Crippen LogP contribution in [0.25, 0.3) is 9.65 Å². The van der Waals surface area contributed by atoms with Gasteiger partial charge in [0, 0.05) is 20.8 Å². The van der Waals surface area contributed by atoms with Crippen LogP contribution in [0.4, 0.5) is 0 Å². The van der Waals surface area contributed by atoms with Gasteiger partial charge < -0.3 is 4.43 Å². The third kappa shape index (κ3) is 7.54. The predicted molar refractivity (Wildman–Crippen MR) is 118 cm³/mol. The van der Waals surface area contributed by atoms with Crippen LogP contribution in [-0.2, 0) is 10.8 Å². The number of aliphatic hydroxyl groups is 1. The number of hydrogen-bond donors (Lipinski definition) is 1. The summed E-state index contributed by atoms with van der Waals surface area (Å²) < 4.78 is 9.61. The summed E-state index contributed by atoms with van der Waals surface area (Å²) in [5.74, 6) is 6.10. The van der Waals surface area contributed by atoms with Gasteiger partial charge >= 0.3 is 74.9 Å². The third-order valence-corrected chi connectivity index (χ3v) is 9.23. The Kier molecular flexibility index (Phi) is 8.66. The first-order valence-corrected chi connectivity index (χ1v) is 15.6. The Morgan fingerprint density at radius 1 is 1.20 bits per heavy atom. The first-order chi connectivity index (χ1) is 11.9. The average molecular weight is 520 g/mol. The van der Waals surface area contributed by atoms with E-state index in [1.165, 1.54) is 14.1 Å². The van der Waals surface area contributed by atoms with Gasteiger partial charge in [0.15, 0.2) is 8.32 Å². The molecule has 7 heteroatoms. The van der Waals surface area contributed by atoms with Crippen LogP contribution in [0.1, 0.15) is 10.0 Å². The monoisotopic (exact) mass is 520 g/mol. The van der Waals surface area contributed by atoms with Crippen molar-refractivity contribution < 1.29 is 9.53 Å². The molecule has 3 heterocycles. The summed E-state index contributed by atoms with van der Waals surface area (Å²) in [5.41, 5.74) is 1.05. The quantitative estimate of drug-likeness (QED) is 0.378. The van der Waals surface area contributed by atoms with Crippen molar-refractivity contribution in [3.8, 4) is 11.8 Å². The van der Waals surface area contributed by atoms with Crippen LogP contribution in [0.15, 0.2) is 32.1 Å². The Labute approximate surface area is 172 Å². The Hall–Kier alpha value is -0.164. The molecule has 0 saturated carbocycles. The summed E-state index contributed by atoms with van der Waals surface area (Å²) in [4.78, 5) is 0. The van der Waals surface area contributed by atoms with Gasteiger partial charge in [0.05, 0.1) is 6.61 Å². The number of hydrogen-bond acceptors (Lipinski definition) is 4. The van der Waals surface area contributed by atoms with Crippen molar-refractivity contribution in [2.75, 3.05) is 13.2 Å². The van der Waals surface area contributed by atoms with Crippen LogP contribution in [-0.4, -0.2) is 41.1 Å². The van der Waals surface area contributed by atoms with Crippen molar-refractivity contribution in [2.45, 2.75) is 26.1 Å². The van der Waals surface area contributed by atoms with Crippen molar-refractivity contribution in [3.63, 3.8) is 0 Å². The Morgan fingerprint density at radius 3 is 2.56 bits per heavy atom. The van der Waals surface area contributed by atoms with Gasteiger partial charge in [0.25, 0.3) is 0 Å². The number of rotatable bonds is 4. The molecule has 0 aliphatic carbocycles. The molecule has 3 aromatic heterocycles. The van der Waals surface area contributed by atoms with Crippen molar-refractivity contribution in [3.05, 3.63) is 42.1 Å². The third-order valence-electron chi connectivity index (χ3n) is 2.99. The molecule has 0 amide bonds. The van der Waals surface area contributed by atoms with Gasteiger partial charge in [0.1, 0.15) is 0 Å². The van der Waals surface area contributed by atoms with Gasteiger partial charge in [-0.15, -0.1) is 11.3 Å². The molecule has 0 atom stereocenters. The minimum atomic E-state index is -1.40. The van der Waals surface area contributed by atoms with Crippen molar-refractivity contribution >= 4 is 71.1 Å². The van der Waals surface area contributed by atoms with Gasteiger partial charge in [0.2, 0.25) is 0 Å². The Balaban J connectivity index is 0.000000185. The molecule has 0 saturated heterocycles. The number of aliphatic hydroxyl groups excluding tert-OH is 1. The molecule has 0 bridgehead atoms.